The number of carbonyl (C=O) groups is 1. The highest BCUT2D eigenvalue weighted by Gasteiger charge is 2.46. The van der Waals surface area contributed by atoms with Crippen LogP contribution in [0.3, 0.4) is 0 Å². The fourth-order valence-electron chi connectivity index (χ4n) is 2.16. The molecule has 1 fully saturated rings. The monoisotopic (exact) mass is 269 g/mol. The highest BCUT2D eigenvalue weighted by atomic mass is 32.2. The summed E-state index contributed by atoms with van der Waals surface area (Å²) in [6.07, 6.45) is 4.43. The lowest BCUT2D eigenvalue weighted by atomic mass is 10.2. The van der Waals surface area contributed by atoms with E-state index in [0.717, 1.165) is 12.2 Å². The highest BCUT2D eigenvalue weighted by molar-refractivity contribution is 7.99. The van der Waals surface area contributed by atoms with Crippen LogP contribution in [-0.4, -0.2) is 35.2 Å². The number of hydrogen-bond donors (Lipinski definition) is 2. The molecule has 1 aliphatic carbocycles. The molecule has 0 aromatic carbocycles. The summed E-state index contributed by atoms with van der Waals surface area (Å²) in [5, 5.41) is 12.2. The van der Waals surface area contributed by atoms with Gasteiger partial charge in [-0.1, -0.05) is 0 Å². The van der Waals surface area contributed by atoms with Crippen LogP contribution in [0.2, 0.25) is 0 Å². The van der Waals surface area contributed by atoms with Crippen molar-refractivity contribution in [2.45, 2.75) is 30.6 Å². The van der Waals surface area contributed by atoms with E-state index in [0.29, 0.717) is 0 Å². The first-order valence-corrected chi connectivity index (χ1v) is 7.43. The van der Waals surface area contributed by atoms with Crippen LogP contribution in [0.15, 0.2) is 22.8 Å². The lowest BCUT2D eigenvalue weighted by Gasteiger charge is -2.21. The maximum absolute atomic E-state index is 12.0. The molecule has 18 heavy (non-hydrogen) atoms. The van der Waals surface area contributed by atoms with Gasteiger partial charge in [0.1, 0.15) is 5.76 Å². The van der Waals surface area contributed by atoms with E-state index in [-0.39, 0.29) is 35.6 Å². The zero-order chi connectivity index (χ0) is 13.1. The van der Waals surface area contributed by atoms with Gasteiger partial charge in [0.2, 0.25) is 5.91 Å². The first-order valence-electron chi connectivity index (χ1n) is 6.14. The van der Waals surface area contributed by atoms with E-state index in [9.17, 15) is 9.90 Å². The predicted molar refractivity (Wildman–Crippen MR) is 71.5 cm³/mol. The second-order valence-corrected chi connectivity index (χ2v) is 5.80. The van der Waals surface area contributed by atoms with Crippen LogP contribution in [0.1, 0.15) is 25.0 Å². The van der Waals surface area contributed by atoms with Crippen LogP contribution in [0.5, 0.6) is 0 Å². The smallest absolute Gasteiger partial charge is 0.224 e. The van der Waals surface area contributed by atoms with Crippen LogP contribution >= 0.6 is 11.8 Å². The molecule has 1 aliphatic rings. The van der Waals surface area contributed by atoms with Crippen molar-refractivity contribution in [2.75, 3.05) is 12.9 Å². The number of furan rings is 1. The predicted octanol–water partition coefficient (Wildman–Crippen LogP) is 1.61. The molecule has 4 unspecified atom stereocenters. The second kappa shape index (κ2) is 5.80. The van der Waals surface area contributed by atoms with E-state index in [4.69, 9.17) is 4.42 Å². The van der Waals surface area contributed by atoms with Gasteiger partial charge in [-0.05, 0) is 31.7 Å². The Kier molecular flexibility index (Phi) is 4.35. The number of rotatable bonds is 6. The first-order chi connectivity index (χ1) is 8.67. The maximum atomic E-state index is 12.0. The SMILES string of the molecule is CSC(CO)C(C)NC(=O)C1CC1c1ccco1. The quantitative estimate of drug-likeness (QED) is 0.823. The average molecular weight is 269 g/mol. The summed E-state index contributed by atoms with van der Waals surface area (Å²) in [6.45, 7) is 2.01. The van der Waals surface area contributed by atoms with Gasteiger partial charge in [0, 0.05) is 23.1 Å². The summed E-state index contributed by atoms with van der Waals surface area (Å²) < 4.78 is 5.31. The molecule has 0 spiro atoms. The Hall–Kier alpha value is -0.940. The molecule has 4 atom stereocenters. The molecule has 0 aliphatic heterocycles. The molecule has 1 amide bonds. The lowest BCUT2D eigenvalue weighted by Crippen LogP contribution is -2.42. The molecule has 0 radical (unpaired) electrons. The van der Waals surface area contributed by atoms with E-state index >= 15 is 0 Å². The Morgan fingerprint density at radius 3 is 3.06 bits per heavy atom. The summed E-state index contributed by atoms with van der Waals surface area (Å²) in [7, 11) is 0. The molecular weight excluding hydrogens is 250 g/mol. The third kappa shape index (κ3) is 2.90. The lowest BCUT2D eigenvalue weighted by molar-refractivity contribution is -0.123. The number of carbonyl (C=O) groups excluding carboxylic acids is 1. The van der Waals surface area contributed by atoms with Gasteiger partial charge in [-0.2, -0.15) is 11.8 Å². The van der Waals surface area contributed by atoms with E-state index in [1.807, 2.05) is 25.3 Å². The molecule has 0 bridgehead atoms. The Bertz CT molecular complexity index is 389. The number of aliphatic hydroxyl groups excluding tert-OH is 1. The number of amides is 1. The third-order valence-electron chi connectivity index (χ3n) is 3.45. The Morgan fingerprint density at radius 1 is 1.72 bits per heavy atom. The van der Waals surface area contributed by atoms with Crippen LogP contribution < -0.4 is 5.32 Å². The molecule has 100 valence electrons. The van der Waals surface area contributed by atoms with Crippen LogP contribution in [0, 0.1) is 5.92 Å². The fraction of sp³-hybridized carbons (Fsp3) is 0.615. The van der Waals surface area contributed by atoms with Crippen molar-refractivity contribution in [1.82, 2.24) is 5.32 Å². The van der Waals surface area contributed by atoms with Gasteiger partial charge < -0.3 is 14.8 Å². The zero-order valence-electron chi connectivity index (χ0n) is 10.6. The minimum Gasteiger partial charge on any atom is -0.469 e. The van der Waals surface area contributed by atoms with Gasteiger partial charge in [0.05, 0.1) is 12.9 Å². The van der Waals surface area contributed by atoms with E-state index < -0.39 is 0 Å². The molecule has 1 aromatic heterocycles. The van der Waals surface area contributed by atoms with Crippen molar-refractivity contribution in [3.8, 4) is 0 Å². The zero-order valence-corrected chi connectivity index (χ0v) is 11.4. The average Bonchev–Trinajstić information content (AvgIpc) is 2.98. The topological polar surface area (TPSA) is 62.5 Å². The first kappa shape index (κ1) is 13.5. The van der Waals surface area contributed by atoms with Gasteiger partial charge in [0.25, 0.3) is 0 Å². The number of thioether (sulfide) groups is 1. The van der Waals surface area contributed by atoms with E-state index in [1.54, 1.807) is 18.0 Å². The fourth-order valence-corrected chi connectivity index (χ4v) is 2.79. The standard InChI is InChI=1S/C13H19NO3S/c1-8(12(7-15)18-2)14-13(16)10-6-9(10)11-4-3-5-17-11/h3-5,8-10,12,15H,6-7H2,1-2H3,(H,14,16). The van der Waals surface area contributed by atoms with Crippen LogP contribution in [0.4, 0.5) is 0 Å². The van der Waals surface area contributed by atoms with Gasteiger partial charge in [-0.25, -0.2) is 0 Å². The molecule has 4 nitrogen and oxygen atoms in total. The maximum Gasteiger partial charge on any atom is 0.224 e. The molecule has 0 saturated heterocycles. The molecular formula is C13H19NO3S. The van der Waals surface area contributed by atoms with Crippen LogP contribution in [0.25, 0.3) is 0 Å². The normalized spacial score (nSPS) is 25.5. The molecule has 2 N–H and O–H groups in total. The van der Waals surface area contributed by atoms with Gasteiger partial charge in [0.15, 0.2) is 0 Å². The van der Waals surface area contributed by atoms with Gasteiger partial charge >= 0.3 is 0 Å². The van der Waals surface area contributed by atoms with E-state index in [1.165, 1.54) is 0 Å². The summed E-state index contributed by atoms with van der Waals surface area (Å²) in [5.74, 6) is 1.22. The largest absolute Gasteiger partial charge is 0.469 e. The van der Waals surface area contributed by atoms with Gasteiger partial charge in [-0.15, -0.1) is 0 Å². The Morgan fingerprint density at radius 2 is 2.50 bits per heavy atom. The number of nitrogens with one attached hydrogen (secondary N) is 1. The summed E-state index contributed by atoms with van der Waals surface area (Å²) in [5.41, 5.74) is 0. The molecule has 2 rings (SSSR count). The molecule has 1 saturated carbocycles. The number of aliphatic hydroxyl groups is 1. The third-order valence-corrected chi connectivity index (χ3v) is 4.61. The highest BCUT2D eigenvalue weighted by Crippen LogP contribution is 2.47. The van der Waals surface area contributed by atoms with Crippen molar-refractivity contribution >= 4 is 17.7 Å². The second-order valence-electron chi connectivity index (χ2n) is 4.72. The van der Waals surface area contributed by atoms with E-state index in [2.05, 4.69) is 5.32 Å². The number of hydrogen-bond acceptors (Lipinski definition) is 4. The summed E-state index contributed by atoms with van der Waals surface area (Å²) >= 11 is 1.57. The molecule has 5 heteroatoms. The van der Waals surface area contributed by atoms with Crippen molar-refractivity contribution < 1.29 is 14.3 Å². The minimum atomic E-state index is -0.0182. The summed E-state index contributed by atoms with van der Waals surface area (Å²) in [4.78, 5) is 12.0. The van der Waals surface area contributed by atoms with Gasteiger partial charge in [-0.3, -0.25) is 4.79 Å². The molecule has 1 aromatic rings. The van der Waals surface area contributed by atoms with Crippen molar-refractivity contribution in [2.24, 2.45) is 5.92 Å². The van der Waals surface area contributed by atoms with Crippen LogP contribution in [-0.2, 0) is 4.79 Å². The van der Waals surface area contributed by atoms with Crippen molar-refractivity contribution in [3.05, 3.63) is 24.2 Å². The van der Waals surface area contributed by atoms with Crippen molar-refractivity contribution in [1.29, 1.82) is 0 Å². The molecule has 1 heterocycles. The Balaban J connectivity index is 1.83. The summed E-state index contributed by atoms with van der Waals surface area (Å²) in [6, 6.07) is 3.75. The Labute approximate surface area is 111 Å². The minimum absolute atomic E-state index is 0.0182. The van der Waals surface area contributed by atoms with Crippen molar-refractivity contribution in [3.63, 3.8) is 0 Å².